The molecule has 1 rings (SSSR count). The van der Waals surface area contributed by atoms with E-state index < -0.39 is 17.3 Å². The maximum Gasteiger partial charge on any atom is 0.255 e. The van der Waals surface area contributed by atoms with Crippen LogP contribution in [0.15, 0.2) is 18.2 Å². The molecular weight excluding hydrogens is 225 g/mol. The number of halogens is 1. The molecule has 0 unspecified atom stereocenters. The van der Waals surface area contributed by atoms with Gasteiger partial charge in [-0.3, -0.25) is 4.79 Å². The summed E-state index contributed by atoms with van der Waals surface area (Å²) in [7, 11) is 1.52. The second kappa shape index (κ2) is 5.14. The van der Waals surface area contributed by atoms with E-state index in [1.54, 1.807) is 13.8 Å². The Morgan fingerprint density at radius 1 is 1.53 bits per heavy atom. The van der Waals surface area contributed by atoms with Gasteiger partial charge >= 0.3 is 0 Å². The van der Waals surface area contributed by atoms with Crippen LogP contribution in [0, 0.1) is 5.82 Å². The van der Waals surface area contributed by atoms with Crippen LogP contribution < -0.4 is 5.32 Å². The third-order valence-corrected chi connectivity index (χ3v) is 2.16. The van der Waals surface area contributed by atoms with Crippen molar-refractivity contribution in [2.45, 2.75) is 19.4 Å². The summed E-state index contributed by atoms with van der Waals surface area (Å²) in [5.41, 5.74) is -0.681. The zero-order valence-corrected chi connectivity index (χ0v) is 10.1. The zero-order chi connectivity index (χ0) is 13.1. The SMILES string of the molecule is COCC(C)(C)NC(=O)c1cc(F)ccc1O. The number of hydrogen-bond acceptors (Lipinski definition) is 3. The number of ether oxygens (including phenoxy) is 1. The topological polar surface area (TPSA) is 58.6 Å². The Hall–Kier alpha value is -1.62. The molecule has 0 spiro atoms. The highest BCUT2D eigenvalue weighted by Crippen LogP contribution is 2.18. The van der Waals surface area contributed by atoms with E-state index in [2.05, 4.69) is 5.32 Å². The van der Waals surface area contributed by atoms with Crippen LogP contribution in [0.2, 0.25) is 0 Å². The van der Waals surface area contributed by atoms with E-state index in [1.807, 2.05) is 0 Å². The molecule has 17 heavy (non-hydrogen) atoms. The van der Waals surface area contributed by atoms with Crippen molar-refractivity contribution in [3.05, 3.63) is 29.6 Å². The second-order valence-electron chi connectivity index (χ2n) is 4.43. The maximum absolute atomic E-state index is 13.0. The number of nitrogens with one attached hydrogen (secondary N) is 1. The van der Waals surface area contributed by atoms with Crippen LogP contribution in [0.25, 0.3) is 0 Å². The summed E-state index contributed by atoms with van der Waals surface area (Å²) >= 11 is 0. The molecular formula is C12H16FNO3. The van der Waals surface area contributed by atoms with Gasteiger partial charge in [0, 0.05) is 7.11 Å². The summed E-state index contributed by atoms with van der Waals surface area (Å²) in [4.78, 5) is 11.8. The minimum atomic E-state index is -0.593. The Labute approximate surface area is 99.4 Å². The van der Waals surface area contributed by atoms with Crippen molar-refractivity contribution in [2.75, 3.05) is 13.7 Å². The fourth-order valence-electron chi connectivity index (χ4n) is 1.46. The molecule has 0 atom stereocenters. The van der Waals surface area contributed by atoms with Crippen molar-refractivity contribution in [3.63, 3.8) is 0 Å². The fourth-order valence-corrected chi connectivity index (χ4v) is 1.46. The Kier molecular flexibility index (Phi) is 4.07. The van der Waals surface area contributed by atoms with Gasteiger partial charge in [0.05, 0.1) is 17.7 Å². The van der Waals surface area contributed by atoms with Crippen molar-refractivity contribution in [2.24, 2.45) is 0 Å². The van der Waals surface area contributed by atoms with Gasteiger partial charge in [0.15, 0.2) is 0 Å². The van der Waals surface area contributed by atoms with Crippen molar-refractivity contribution in [3.8, 4) is 5.75 Å². The van der Waals surface area contributed by atoms with Gasteiger partial charge < -0.3 is 15.2 Å². The highest BCUT2D eigenvalue weighted by Gasteiger charge is 2.22. The number of methoxy groups -OCH3 is 1. The summed E-state index contributed by atoms with van der Waals surface area (Å²) < 4.78 is 17.9. The van der Waals surface area contributed by atoms with Crippen LogP contribution in [0.1, 0.15) is 24.2 Å². The minimum absolute atomic E-state index is 0.0887. The summed E-state index contributed by atoms with van der Waals surface area (Å²) in [6, 6.07) is 3.23. The molecule has 0 radical (unpaired) electrons. The monoisotopic (exact) mass is 241 g/mol. The first-order chi connectivity index (χ1) is 7.85. The van der Waals surface area contributed by atoms with E-state index in [9.17, 15) is 14.3 Å². The van der Waals surface area contributed by atoms with Gasteiger partial charge in [-0.1, -0.05) is 0 Å². The van der Waals surface area contributed by atoms with Crippen LogP contribution in [0.4, 0.5) is 4.39 Å². The zero-order valence-electron chi connectivity index (χ0n) is 10.1. The molecule has 0 saturated carbocycles. The Balaban J connectivity index is 2.86. The molecule has 0 aliphatic rings. The number of benzene rings is 1. The number of phenolic OH excluding ortho intramolecular Hbond substituents is 1. The van der Waals surface area contributed by atoms with Crippen LogP contribution >= 0.6 is 0 Å². The standard InChI is InChI=1S/C12H16FNO3/c1-12(2,7-17-3)14-11(16)9-6-8(13)4-5-10(9)15/h4-6,15H,7H2,1-3H3,(H,14,16). The lowest BCUT2D eigenvalue weighted by molar-refractivity contribution is 0.0817. The lowest BCUT2D eigenvalue weighted by Crippen LogP contribution is -2.46. The molecule has 94 valence electrons. The molecule has 1 aromatic rings. The number of carbonyl (C=O) groups excluding carboxylic acids is 1. The number of amides is 1. The van der Waals surface area contributed by atoms with Crippen molar-refractivity contribution in [1.29, 1.82) is 0 Å². The van der Waals surface area contributed by atoms with E-state index in [0.717, 1.165) is 18.2 Å². The van der Waals surface area contributed by atoms with E-state index in [0.29, 0.717) is 6.61 Å². The van der Waals surface area contributed by atoms with Gasteiger partial charge in [0.1, 0.15) is 11.6 Å². The highest BCUT2D eigenvalue weighted by atomic mass is 19.1. The Morgan fingerprint density at radius 2 is 2.18 bits per heavy atom. The lowest BCUT2D eigenvalue weighted by Gasteiger charge is -2.25. The van der Waals surface area contributed by atoms with Crippen LogP contribution in [-0.2, 0) is 4.74 Å². The molecule has 1 aromatic carbocycles. The molecule has 5 heteroatoms. The lowest BCUT2D eigenvalue weighted by atomic mass is 10.1. The molecule has 0 saturated heterocycles. The van der Waals surface area contributed by atoms with Crippen LogP contribution in [-0.4, -0.2) is 30.3 Å². The van der Waals surface area contributed by atoms with Gasteiger partial charge in [-0.2, -0.15) is 0 Å². The molecule has 0 bridgehead atoms. The van der Waals surface area contributed by atoms with Gasteiger partial charge in [-0.15, -0.1) is 0 Å². The number of phenols is 1. The Morgan fingerprint density at radius 3 is 2.76 bits per heavy atom. The second-order valence-corrected chi connectivity index (χ2v) is 4.43. The average Bonchev–Trinajstić information content (AvgIpc) is 2.20. The molecule has 4 nitrogen and oxygen atoms in total. The summed E-state index contributed by atoms with van der Waals surface area (Å²) in [6.07, 6.45) is 0. The number of carbonyl (C=O) groups is 1. The molecule has 1 amide bonds. The van der Waals surface area contributed by atoms with Gasteiger partial charge in [0.2, 0.25) is 0 Å². The van der Waals surface area contributed by atoms with Crippen molar-refractivity contribution in [1.82, 2.24) is 5.32 Å². The predicted octanol–water partition coefficient (Wildman–Crippen LogP) is 1.69. The number of aromatic hydroxyl groups is 1. The molecule has 0 heterocycles. The average molecular weight is 241 g/mol. The first-order valence-electron chi connectivity index (χ1n) is 5.16. The van der Waals surface area contributed by atoms with Crippen LogP contribution in [0.3, 0.4) is 0 Å². The Bertz CT molecular complexity index is 418. The number of hydrogen-bond donors (Lipinski definition) is 2. The molecule has 0 aliphatic heterocycles. The normalized spacial score (nSPS) is 11.3. The predicted molar refractivity (Wildman–Crippen MR) is 61.5 cm³/mol. The molecule has 0 aliphatic carbocycles. The third-order valence-electron chi connectivity index (χ3n) is 2.16. The third kappa shape index (κ3) is 3.71. The first kappa shape index (κ1) is 13.4. The van der Waals surface area contributed by atoms with E-state index in [1.165, 1.54) is 7.11 Å². The number of rotatable bonds is 4. The van der Waals surface area contributed by atoms with Gasteiger partial charge in [-0.05, 0) is 32.0 Å². The van der Waals surface area contributed by atoms with E-state index in [4.69, 9.17) is 4.74 Å². The van der Waals surface area contributed by atoms with Gasteiger partial charge in [0.25, 0.3) is 5.91 Å². The van der Waals surface area contributed by atoms with Gasteiger partial charge in [-0.25, -0.2) is 4.39 Å². The quantitative estimate of drug-likeness (QED) is 0.843. The van der Waals surface area contributed by atoms with E-state index in [-0.39, 0.29) is 11.3 Å². The van der Waals surface area contributed by atoms with Crippen LogP contribution in [0.5, 0.6) is 5.75 Å². The maximum atomic E-state index is 13.0. The molecule has 2 N–H and O–H groups in total. The first-order valence-corrected chi connectivity index (χ1v) is 5.16. The van der Waals surface area contributed by atoms with Crippen molar-refractivity contribution >= 4 is 5.91 Å². The largest absolute Gasteiger partial charge is 0.507 e. The summed E-state index contributed by atoms with van der Waals surface area (Å²) in [5, 5.41) is 12.1. The summed E-state index contributed by atoms with van der Waals surface area (Å²) in [5.74, 6) is -1.36. The van der Waals surface area contributed by atoms with E-state index >= 15 is 0 Å². The minimum Gasteiger partial charge on any atom is -0.507 e. The highest BCUT2D eigenvalue weighted by molar-refractivity contribution is 5.97. The van der Waals surface area contributed by atoms with Crippen molar-refractivity contribution < 1.29 is 19.0 Å². The summed E-state index contributed by atoms with van der Waals surface area (Å²) in [6.45, 7) is 3.85. The molecule has 0 aromatic heterocycles. The smallest absolute Gasteiger partial charge is 0.255 e. The fraction of sp³-hybridized carbons (Fsp3) is 0.417. The molecule has 0 fully saturated rings.